The number of methoxy groups -OCH3 is 3. The van der Waals surface area contributed by atoms with E-state index in [1.54, 1.807) is 20.3 Å². The zero-order valence-electron chi connectivity index (χ0n) is 16.2. The van der Waals surface area contributed by atoms with E-state index in [9.17, 15) is 4.79 Å². The first-order valence-corrected chi connectivity index (χ1v) is 8.89. The Labute approximate surface area is 167 Å². The second-order valence-electron chi connectivity index (χ2n) is 6.30. The fourth-order valence-corrected chi connectivity index (χ4v) is 3.27. The number of hydrogen-bond acceptors (Lipinski definition) is 7. The molecule has 4 aromatic rings. The number of anilines is 2. The van der Waals surface area contributed by atoms with Gasteiger partial charge in [0.2, 0.25) is 0 Å². The van der Waals surface area contributed by atoms with Gasteiger partial charge in [-0.05, 0) is 35.0 Å². The summed E-state index contributed by atoms with van der Waals surface area (Å²) in [4.78, 5) is 20.7. The third-order valence-corrected chi connectivity index (χ3v) is 4.69. The summed E-state index contributed by atoms with van der Waals surface area (Å²) in [5.41, 5.74) is 2.09. The number of ether oxygens (including phenoxy) is 3. The molecule has 0 saturated heterocycles. The minimum absolute atomic E-state index is 0.362. The highest BCUT2D eigenvalue weighted by molar-refractivity contribution is 6.05. The zero-order chi connectivity index (χ0) is 20.4. The summed E-state index contributed by atoms with van der Waals surface area (Å²) in [5, 5.41) is 5.86. The van der Waals surface area contributed by atoms with Crippen molar-refractivity contribution in [2.24, 2.45) is 0 Å². The minimum atomic E-state index is -0.362. The third kappa shape index (κ3) is 3.38. The molecule has 0 atom stereocenters. The number of fused-ring (bicyclic) bond motifs is 2. The van der Waals surface area contributed by atoms with E-state index in [2.05, 4.69) is 15.3 Å². The van der Waals surface area contributed by atoms with Crippen LogP contribution in [-0.4, -0.2) is 37.3 Å². The van der Waals surface area contributed by atoms with E-state index >= 15 is 0 Å². The molecule has 0 aliphatic rings. The van der Waals surface area contributed by atoms with Gasteiger partial charge >= 0.3 is 5.97 Å². The Morgan fingerprint density at radius 1 is 0.897 bits per heavy atom. The van der Waals surface area contributed by atoms with Crippen LogP contribution in [0.25, 0.3) is 21.7 Å². The van der Waals surface area contributed by atoms with Crippen LogP contribution in [0.5, 0.6) is 11.5 Å². The Kier molecular flexibility index (Phi) is 4.87. The lowest BCUT2D eigenvalue weighted by Crippen LogP contribution is -2.02. The van der Waals surface area contributed by atoms with Gasteiger partial charge in [-0.2, -0.15) is 0 Å². The predicted molar refractivity (Wildman–Crippen MR) is 111 cm³/mol. The topological polar surface area (TPSA) is 82.6 Å². The Bertz CT molecular complexity index is 1220. The molecule has 0 aliphatic carbocycles. The highest BCUT2D eigenvalue weighted by Gasteiger charge is 2.13. The van der Waals surface area contributed by atoms with Gasteiger partial charge in [-0.25, -0.2) is 14.8 Å². The van der Waals surface area contributed by atoms with Crippen molar-refractivity contribution in [1.29, 1.82) is 0 Å². The van der Waals surface area contributed by atoms with E-state index in [1.165, 1.54) is 13.4 Å². The van der Waals surface area contributed by atoms with Crippen molar-refractivity contribution in [3.8, 4) is 11.5 Å². The van der Waals surface area contributed by atoms with Crippen LogP contribution in [0, 0.1) is 0 Å². The molecule has 4 rings (SSSR count). The van der Waals surface area contributed by atoms with Gasteiger partial charge in [-0.3, -0.25) is 0 Å². The standard InChI is InChI=1S/C22H19N3O4/c1-27-19-10-17-18(11-20(19)28-2)23-12-24-21(17)25-14-7-8-15-13(9-14)5-4-6-16(15)22(26)29-3/h4-12H,1-3H3,(H,23,24,25). The van der Waals surface area contributed by atoms with Crippen LogP contribution in [-0.2, 0) is 4.74 Å². The summed E-state index contributed by atoms with van der Waals surface area (Å²) in [6.45, 7) is 0. The average molecular weight is 389 g/mol. The molecule has 0 saturated carbocycles. The first kappa shape index (κ1) is 18.5. The SMILES string of the molecule is COC(=O)c1cccc2cc(Nc3ncnc4cc(OC)c(OC)cc34)ccc12. The van der Waals surface area contributed by atoms with Crippen molar-refractivity contribution >= 4 is 39.1 Å². The lowest BCUT2D eigenvalue weighted by atomic mass is 10.0. The summed E-state index contributed by atoms with van der Waals surface area (Å²) in [6.07, 6.45) is 1.49. The van der Waals surface area contributed by atoms with Crippen LogP contribution < -0.4 is 14.8 Å². The third-order valence-electron chi connectivity index (χ3n) is 4.69. The summed E-state index contributed by atoms with van der Waals surface area (Å²) >= 11 is 0. The molecule has 3 aromatic carbocycles. The molecular formula is C22H19N3O4. The number of aromatic nitrogens is 2. The van der Waals surface area contributed by atoms with Crippen LogP contribution in [0.4, 0.5) is 11.5 Å². The lowest BCUT2D eigenvalue weighted by Gasteiger charge is -2.13. The molecule has 0 bridgehead atoms. The number of benzene rings is 3. The van der Waals surface area contributed by atoms with Gasteiger partial charge < -0.3 is 19.5 Å². The van der Waals surface area contributed by atoms with Gasteiger partial charge in [0.25, 0.3) is 0 Å². The maximum Gasteiger partial charge on any atom is 0.338 e. The average Bonchev–Trinajstić information content (AvgIpc) is 2.77. The number of nitrogens with one attached hydrogen (secondary N) is 1. The van der Waals surface area contributed by atoms with Crippen LogP contribution in [0.1, 0.15) is 10.4 Å². The lowest BCUT2D eigenvalue weighted by molar-refractivity contribution is 0.0603. The molecule has 1 heterocycles. The van der Waals surface area contributed by atoms with Gasteiger partial charge in [-0.15, -0.1) is 0 Å². The Morgan fingerprint density at radius 2 is 1.69 bits per heavy atom. The van der Waals surface area contributed by atoms with E-state index in [4.69, 9.17) is 14.2 Å². The molecule has 1 N–H and O–H groups in total. The number of carbonyl (C=O) groups is 1. The van der Waals surface area contributed by atoms with E-state index in [-0.39, 0.29) is 5.97 Å². The molecule has 0 radical (unpaired) electrons. The Hall–Kier alpha value is -3.87. The zero-order valence-corrected chi connectivity index (χ0v) is 16.2. The van der Waals surface area contributed by atoms with Crippen LogP contribution >= 0.6 is 0 Å². The van der Waals surface area contributed by atoms with Gasteiger partial charge in [0.15, 0.2) is 11.5 Å². The highest BCUT2D eigenvalue weighted by atomic mass is 16.5. The quantitative estimate of drug-likeness (QED) is 0.509. The van der Waals surface area contributed by atoms with Crippen molar-refractivity contribution in [2.75, 3.05) is 26.6 Å². The maximum absolute atomic E-state index is 12.0. The summed E-state index contributed by atoms with van der Waals surface area (Å²) in [7, 11) is 4.55. The van der Waals surface area contributed by atoms with E-state index in [0.717, 1.165) is 27.4 Å². The fraction of sp³-hybridized carbons (Fsp3) is 0.136. The van der Waals surface area contributed by atoms with E-state index in [1.807, 2.05) is 42.5 Å². The van der Waals surface area contributed by atoms with E-state index in [0.29, 0.717) is 22.9 Å². The predicted octanol–water partition coefficient (Wildman–Crippen LogP) is 4.33. The summed E-state index contributed by atoms with van der Waals surface area (Å²) in [6, 6.07) is 14.9. The van der Waals surface area contributed by atoms with Gasteiger partial charge in [0.1, 0.15) is 12.1 Å². The molecule has 7 heteroatoms. The molecule has 0 amide bonds. The fourth-order valence-electron chi connectivity index (χ4n) is 3.27. The van der Waals surface area contributed by atoms with Gasteiger partial charge in [0.05, 0.1) is 32.4 Å². The molecule has 7 nitrogen and oxygen atoms in total. The Morgan fingerprint density at radius 3 is 2.45 bits per heavy atom. The van der Waals surface area contributed by atoms with Crippen LogP contribution in [0.2, 0.25) is 0 Å². The van der Waals surface area contributed by atoms with Gasteiger partial charge in [0, 0.05) is 17.1 Å². The van der Waals surface area contributed by atoms with Crippen molar-refractivity contribution in [2.45, 2.75) is 0 Å². The number of rotatable bonds is 5. The largest absolute Gasteiger partial charge is 0.493 e. The van der Waals surface area contributed by atoms with Gasteiger partial charge in [-0.1, -0.05) is 18.2 Å². The molecule has 0 spiro atoms. The van der Waals surface area contributed by atoms with Crippen molar-refractivity contribution in [3.63, 3.8) is 0 Å². The van der Waals surface area contributed by atoms with Crippen molar-refractivity contribution in [3.05, 3.63) is 60.4 Å². The normalized spacial score (nSPS) is 10.7. The van der Waals surface area contributed by atoms with E-state index < -0.39 is 0 Å². The molecule has 0 unspecified atom stereocenters. The van der Waals surface area contributed by atoms with Crippen LogP contribution in [0.3, 0.4) is 0 Å². The molecular weight excluding hydrogens is 370 g/mol. The number of esters is 1. The summed E-state index contributed by atoms with van der Waals surface area (Å²) < 4.78 is 15.6. The molecule has 0 aliphatic heterocycles. The van der Waals surface area contributed by atoms with Crippen LogP contribution in [0.15, 0.2) is 54.9 Å². The first-order chi connectivity index (χ1) is 14.1. The highest BCUT2D eigenvalue weighted by Crippen LogP contribution is 2.34. The molecule has 146 valence electrons. The van der Waals surface area contributed by atoms with Crippen molar-refractivity contribution < 1.29 is 19.0 Å². The smallest absolute Gasteiger partial charge is 0.338 e. The number of carbonyl (C=O) groups excluding carboxylic acids is 1. The number of nitrogens with zero attached hydrogens (tertiary/aromatic N) is 2. The molecule has 29 heavy (non-hydrogen) atoms. The second-order valence-corrected chi connectivity index (χ2v) is 6.30. The minimum Gasteiger partial charge on any atom is -0.493 e. The number of hydrogen-bond donors (Lipinski definition) is 1. The summed E-state index contributed by atoms with van der Waals surface area (Å²) in [5.74, 6) is 1.48. The maximum atomic E-state index is 12.0. The molecule has 1 aromatic heterocycles. The Balaban J connectivity index is 1.77. The molecule has 0 fully saturated rings. The van der Waals surface area contributed by atoms with Crippen molar-refractivity contribution in [1.82, 2.24) is 9.97 Å². The first-order valence-electron chi connectivity index (χ1n) is 8.89. The second kappa shape index (κ2) is 7.63. The monoisotopic (exact) mass is 389 g/mol.